The lowest BCUT2D eigenvalue weighted by Gasteiger charge is -2.75. The van der Waals surface area contributed by atoms with Gasteiger partial charge < -0.3 is 10.1 Å². The summed E-state index contributed by atoms with van der Waals surface area (Å²) < 4.78 is 72.2. The van der Waals surface area contributed by atoms with E-state index in [4.69, 9.17) is 5.11 Å². The smallest absolute Gasteiger partial charge is 0.394 e. The lowest BCUT2D eigenvalue weighted by Crippen LogP contribution is -2.80. The fourth-order valence-electron chi connectivity index (χ4n) is 6.92. The third kappa shape index (κ3) is 3.11. The third-order valence-corrected chi connectivity index (χ3v) is 8.32. The van der Waals surface area contributed by atoms with E-state index in [1.807, 2.05) is 36.1 Å². The van der Waals surface area contributed by atoms with Crippen molar-refractivity contribution in [3.05, 3.63) is 76.5 Å². The summed E-state index contributed by atoms with van der Waals surface area (Å²) in [6.07, 6.45) is -2.11. The molecule has 0 radical (unpaired) electrons. The highest BCUT2D eigenvalue weighted by Crippen LogP contribution is 2.77. The van der Waals surface area contributed by atoms with Gasteiger partial charge >= 0.3 is 12.1 Å². The van der Waals surface area contributed by atoms with Crippen LogP contribution in [0.15, 0.2) is 42.5 Å². The maximum atomic E-state index is 15.6. The van der Waals surface area contributed by atoms with Crippen molar-refractivity contribution in [2.75, 3.05) is 0 Å². The molecule has 2 atom stereocenters. The number of rotatable bonds is 4. The fourth-order valence-corrected chi connectivity index (χ4v) is 6.92. The number of fused-ring (bicyclic) bond motifs is 3. The minimum absolute atomic E-state index is 0.0463. The number of nitrogens with one attached hydrogen (secondary N) is 1. The first-order valence-corrected chi connectivity index (χ1v) is 11.8. The number of aliphatic carboxylic acids is 1. The van der Waals surface area contributed by atoms with Gasteiger partial charge in [-0.1, -0.05) is 18.2 Å². The summed E-state index contributed by atoms with van der Waals surface area (Å²) in [7, 11) is 0. The lowest BCUT2D eigenvalue weighted by molar-refractivity contribution is -0.369. The SMILES string of the molecule is CC1Cc2c([nH]c3ccccc23)C(c2c(F)cc(/C=C/C(=O)O)cc2F)N1C12CC(C(F)(F)F)(C1)C2. The van der Waals surface area contributed by atoms with Gasteiger partial charge in [-0.25, -0.2) is 13.6 Å². The molecule has 188 valence electrons. The van der Waals surface area contributed by atoms with Crippen molar-refractivity contribution >= 4 is 22.9 Å². The van der Waals surface area contributed by atoms with Crippen LogP contribution in [0.25, 0.3) is 17.0 Å². The highest BCUT2D eigenvalue weighted by atomic mass is 19.4. The molecule has 2 heterocycles. The first-order valence-electron chi connectivity index (χ1n) is 11.8. The van der Waals surface area contributed by atoms with Crippen LogP contribution in [0.3, 0.4) is 0 Å². The minimum atomic E-state index is -4.30. The summed E-state index contributed by atoms with van der Waals surface area (Å²) in [5, 5.41) is 9.78. The Bertz CT molecular complexity index is 1400. The number of H-pyrrole nitrogens is 1. The molecule has 1 aromatic heterocycles. The molecule has 9 heteroatoms. The van der Waals surface area contributed by atoms with Crippen molar-refractivity contribution in [2.24, 2.45) is 5.41 Å². The van der Waals surface area contributed by atoms with Gasteiger partial charge in [0.05, 0.1) is 11.5 Å². The lowest BCUT2D eigenvalue weighted by atomic mass is 9.38. The molecule has 4 aliphatic rings. The molecule has 4 nitrogen and oxygen atoms in total. The van der Waals surface area contributed by atoms with Crippen molar-refractivity contribution in [1.29, 1.82) is 0 Å². The second-order valence-corrected chi connectivity index (χ2v) is 10.5. The number of carboxylic acids is 1. The number of hydrogen-bond donors (Lipinski definition) is 2. The zero-order valence-electron chi connectivity index (χ0n) is 19.3. The summed E-state index contributed by atoms with van der Waals surface area (Å²) in [5.74, 6) is -2.99. The summed E-state index contributed by atoms with van der Waals surface area (Å²) in [6, 6.07) is 8.45. The Kier molecular flexibility index (Phi) is 4.78. The molecule has 2 unspecified atom stereocenters. The maximum absolute atomic E-state index is 15.6. The van der Waals surface area contributed by atoms with Crippen molar-refractivity contribution in [2.45, 2.75) is 56.4 Å². The van der Waals surface area contributed by atoms with Crippen LogP contribution in [0.5, 0.6) is 0 Å². The highest BCUT2D eigenvalue weighted by Gasteiger charge is 2.81. The van der Waals surface area contributed by atoms with Gasteiger partial charge in [0.1, 0.15) is 11.6 Å². The van der Waals surface area contributed by atoms with Gasteiger partial charge in [0.2, 0.25) is 0 Å². The van der Waals surface area contributed by atoms with E-state index in [-0.39, 0.29) is 36.4 Å². The quantitative estimate of drug-likeness (QED) is 0.322. The zero-order chi connectivity index (χ0) is 25.6. The van der Waals surface area contributed by atoms with Crippen LogP contribution in [0.2, 0.25) is 0 Å². The molecule has 1 aliphatic heterocycles. The molecule has 3 aliphatic carbocycles. The predicted octanol–water partition coefficient (Wildman–Crippen LogP) is 6.36. The van der Waals surface area contributed by atoms with E-state index in [1.165, 1.54) is 0 Å². The van der Waals surface area contributed by atoms with Gasteiger partial charge in [-0.15, -0.1) is 0 Å². The van der Waals surface area contributed by atoms with E-state index in [2.05, 4.69) is 4.98 Å². The number of benzene rings is 2. The number of nitrogens with zero attached hydrogens (tertiary/aromatic N) is 1. The molecule has 0 saturated heterocycles. The van der Waals surface area contributed by atoms with Gasteiger partial charge in [-0.3, -0.25) is 4.90 Å². The summed E-state index contributed by atoms with van der Waals surface area (Å²) >= 11 is 0. The van der Waals surface area contributed by atoms with Gasteiger partial charge in [0, 0.05) is 39.8 Å². The van der Waals surface area contributed by atoms with Crippen LogP contribution in [0.4, 0.5) is 22.0 Å². The summed E-state index contributed by atoms with van der Waals surface area (Å²) in [6.45, 7) is 1.90. The van der Waals surface area contributed by atoms with Gasteiger partial charge in [-0.2, -0.15) is 13.2 Å². The number of hydrogen-bond acceptors (Lipinski definition) is 2. The fraction of sp³-hybridized carbons (Fsp3) is 0.370. The highest BCUT2D eigenvalue weighted by molar-refractivity contribution is 5.86. The van der Waals surface area contributed by atoms with Crippen molar-refractivity contribution in [3.63, 3.8) is 0 Å². The molecule has 7 rings (SSSR count). The Labute approximate surface area is 203 Å². The van der Waals surface area contributed by atoms with Crippen LogP contribution in [-0.4, -0.2) is 38.7 Å². The van der Waals surface area contributed by atoms with Crippen LogP contribution in [0.1, 0.15) is 54.6 Å². The van der Waals surface area contributed by atoms with Crippen molar-refractivity contribution in [3.8, 4) is 0 Å². The summed E-state index contributed by atoms with van der Waals surface area (Å²) in [5.41, 5.74) is -0.391. The Morgan fingerprint density at radius 2 is 1.78 bits per heavy atom. The van der Waals surface area contributed by atoms with E-state index in [0.29, 0.717) is 12.1 Å². The molecular weight excluding hydrogens is 479 g/mol. The topological polar surface area (TPSA) is 56.3 Å². The molecule has 36 heavy (non-hydrogen) atoms. The summed E-state index contributed by atoms with van der Waals surface area (Å²) in [4.78, 5) is 16.1. The zero-order valence-corrected chi connectivity index (χ0v) is 19.3. The number of aromatic amines is 1. The van der Waals surface area contributed by atoms with Gasteiger partial charge in [0.25, 0.3) is 0 Å². The average molecular weight is 502 g/mol. The van der Waals surface area contributed by atoms with Gasteiger partial charge in [0.15, 0.2) is 0 Å². The monoisotopic (exact) mass is 502 g/mol. The minimum Gasteiger partial charge on any atom is -0.478 e. The largest absolute Gasteiger partial charge is 0.478 e. The Morgan fingerprint density at radius 3 is 2.39 bits per heavy atom. The molecular formula is C27H23F5N2O2. The van der Waals surface area contributed by atoms with Crippen molar-refractivity contribution < 1.29 is 31.9 Å². The van der Waals surface area contributed by atoms with E-state index in [1.54, 1.807) is 0 Å². The van der Waals surface area contributed by atoms with E-state index >= 15 is 8.78 Å². The molecule has 0 amide bonds. The van der Waals surface area contributed by atoms with Gasteiger partial charge in [-0.05, 0) is 68.0 Å². The second-order valence-electron chi connectivity index (χ2n) is 10.5. The predicted molar refractivity (Wildman–Crippen MR) is 123 cm³/mol. The van der Waals surface area contributed by atoms with Crippen LogP contribution < -0.4 is 0 Å². The normalized spacial score (nSPS) is 29.7. The van der Waals surface area contributed by atoms with Crippen LogP contribution in [-0.2, 0) is 11.2 Å². The number of carboxylic acid groups (broad SMARTS) is 1. The second kappa shape index (κ2) is 7.41. The molecule has 2 N–H and O–H groups in total. The molecule has 3 saturated carbocycles. The van der Waals surface area contributed by atoms with E-state index in [0.717, 1.165) is 40.8 Å². The Hall–Kier alpha value is -3.20. The first kappa shape index (κ1) is 23.2. The molecule has 0 spiro atoms. The third-order valence-electron chi connectivity index (χ3n) is 8.32. The van der Waals surface area contributed by atoms with Crippen molar-refractivity contribution in [1.82, 2.24) is 9.88 Å². The van der Waals surface area contributed by atoms with E-state index in [9.17, 15) is 18.0 Å². The molecule has 3 fully saturated rings. The first-order chi connectivity index (χ1) is 16.9. The standard InChI is InChI=1S/C27H23F5N2O2/c1-14-8-17-16-4-2-3-5-20(16)33-23(17)24(34(14)26-11-25(12-26,13-26)27(30,31)32)22-18(28)9-15(10-19(22)29)6-7-21(35)36/h2-7,9-10,14,24,33H,8,11-13H2,1H3,(H,35,36)/b7-6+. The number of carbonyl (C=O) groups is 1. The number of aromatic nitrogens is 1. The number of alkyl halides is 3. The van der Waals surface area contributed by atoms with Crippen LogP contribution >= 0.6 is 0 Å². The Morgan fingerprint density at radius 1 is 1.14 bits per heavy atom. The molecule has 3 aromatic rings. The Balaban J connectivity index is 1.50. The molecule has 2 aromatic carbocycles. The average Bonchev–Trinajstić information content (AvgIpc) is 3.08. The number of para-hydroxylation sites is 1. The maximum Gasteiger partial charge on any atom is 0.394 e. The van der Waals surface area contributed by atoms with Crippen LogP contribution in [0, 0.1) is 17.0 Å². The van der Waals surface area contributed by atoms with E-state index < -0.39 is 40.8 Å². The number of halogens is 5. The molecule has 2 bridgehead atoms.